The molecule has 0 radical (unpaired) electrons. The molecule has 1 aliphatic heterocycles. The number of halogens is 5. The van der Waals surface area contributed by atoms with Crippen molar-refractivity contribution in [3.05, 3.63) is 93.5 Å². The molecule has 3 N–H and O–H groups in total. The second-order valence-electron chi connectivity index (χ2n) is 9.16. The molecular weight excluding hydrogens is 570 g/mol. The molecule has 0 aliphatic carbocycles. The Kier molecular flexibility index (Phi) is 11.2. The van der Waals surface area contributed by atoms with Crippen LogP contribution in [0.15, 0.2) is 66.7 Å². The van der Waals surface area contributed by atoms with Crippen molar-refractivity contribution in [3.63, 3.8) is 0 Å². The normalized spacial score (nSPS) is 14.5. The van der Waals surface area contributed by atoms with E-state index in [-0.39, 0.29) is 5.91 Å². The van der Waals surface area contributed by atoms with Gasteiger partial charge in [0.1, 0.15) is 5.75 Å². The largest absolute Gasteiger partial charge is 0.508 e. The molecule has 3 aromatic carbocycles. The molecule has 7 nitrogen and oxygen atoms in total. The van der Waals surface area contributed by atoms with Gasteiger partial charge in [0.15, 0.2) is 0 Å². The molecule has 1 aliphatic rings. The lowest BCUT2D eigenvalue weighted by molar-refractivity contribution is -0.192. The zero-order chi connectivity index (χ0) is 29.3. The molecule has 0 unspecified atom stereocenters. The molecule has 1 amide bonds. The Bertz CT molecular complexity index is 1320. The lowest BCUT2D eigenvalue weighted by Gasteiger charge is -2.22. The molecule has 0 spiro atoms. The molecule has 0 bridgehead atoms. The molecule has 0 aromatic heterocycles. The van der Waals surface area contributed by atoms with Gasteiger partial charge in [0.05, 0.1) is 10.0 Å². The summed E-state index contributed by atoms with van der Waals surface area (Å²) < 4.78 is 31.7. The second-order valence-corrected chi connectivity index (χ2v) is 9.98. The zero-order valence-corrected chi connectivity index (χ0v) is 22.8. The number of carboxylic acid groups (broad SMARTS) is 1. The van der Waals surface area contributed by atoms with Gasteiger partial charge in [-0.1, -0.05) is 47.5 Å². The van der Waals surface area contributed by atoms with Crippen molar-refractivity contribution in [2.24, 2.45) is 0 Å². The number of alkyl halides is 3. The standard InChI is InChI=1S/C26H27Cl2N3O2.C2HF3O2/c27-24-9-8-21(16-25(24)28)26(33)29-22-6-1-4-19(14-22)17-30-10-3-11-31(13-12-30)18-20-5-2-7-23(32)15-20;3-2(4,5)1(6)7/h1-2,4-9,14-16,32H,3,10-13,17-18H2,(H,29,33);(H,6,7). The maximum Gasteiger partial charge on any atom is 0.490 e. The number of aromatic hydroxyl groups is 1. The van der Waals surface area contributed by atoms with E-state index >= 15 is 0 Å². The monoisotopic (exact) mass is 597 g/mol. The van der Waals surface area contributed by atoms with E-state index in [2.05, 4.69) is 27.2 Å². The topological polar surface area (TPSA) is 93.1 Å². The van der Waals surface area contributed by atoms with Crippen LogP contribution in [-0.4, -0.2) is 64.2 Å². The number of aliphatic carboxylic acids is 1. The zero-order valence-electron chi connectivity index (χ0n) is 21.3. The van der Waals surface area contributed by atoms with Gasteiger partial charge in [0, 0.05) is 37.4 Å². The van der Waals surface area contributed by atoms with Crippen LogP contribution in [0.1, 0.15) is 27.9 Å². The Morgan fingerprint density at radius 2 is 1.40 bits per heavy atom. The fraction of sp³-hybridized carbons (Fsp3) is 0.286. The number of phenolic OH excluding ortho intramolecular Hbond substituents is 1. The highest BCUT2D eigenvalue weighted by atomic mass is 35.5. The molecule has 12 heteroatoms. The number of hydrogen-bond donors (Lipinski definition) is 3. The highest BCUT2D eigenvalue weighted by Gasteiger charge is 2.38. The van der Waals surface area contributed by atoms with Gasteiger partial charge in [-0.2, -0.15) is 13.2 Å². The number of phenols is 1. The van der Waals surface area contributed by atoms with E-state index in [0.717, 1.165) is 62.5 Å². The maximum absolute atomic E-state index is 12.6. The summed E-state index contributed by atoms with van der Waals surface area (Å²) in [7, 11) is 0. The fourth-order valence-electron chi connectivity index (χ4n) is 4.10. The average molecular weight is 598 g/mol. The van der Waals surface area contributed by atoms with Crippen LogP contribution in [0.3, 0.4) is 0 Å². The third-order valence-electron chi connectivity index (χ3n) is 6.01. The summed E-state index contributed by atoms with van der Waals surface area (Å²) in [6, 6.07) is 20.3. The van der Waals surface area contributed by atoms with Gasteiger partial charge < -0.3 is 15.5 Å². The number of nitrogens with zero attached hydrogens (tertiary/aromatic N) is 2. The van der Waals surface area contributed by atoms with Gasteiger partial charge in [-0.05, 0) is 73.1 Å². The first-order valence-electron chi connectivity index (χ1n) is 12.3. The number of carbonyl (C=O) groups excluding carboxylic acids is 1. The van der Waals surface area contributed by atoms with Crippen LogP contribution in [0.2, 0.25) is 10.0 Å². The number of hydrogen-bond acceptors (Lipinski definition) is 5. The van der Waals surface area contributed by atoms with Crippen LogP contribution >= 0.6 is 23.2 Å². The predicted octanol–water partition coefficient (Wildman–Crippen LogP) is 6.29. The minimum absolute atomic E-state index is 0.219. The van der Waals surface area contributed by atoms with Gasteiger partial charge in [-0.25, -0.2) is 4.79 Å². The van der Waals surface area contributed by atoms with Gasteiger partial charge in [-0.15, -0.1) is 0 Å². The Hall–Kier alpha value is -3.31. The van der Waals surface area contributed by atoms with Crippen molar-refractivity contribution in [2.45, 2.75) is 25.7 Å². The minimum Gasteiger partial charge on any atom is -0.508 e. The molecule has 0 atom stereocenters. The molecule has 3 aromatic rings. The van der Waals surface area contributed by atoms with Gasteiger partial charge in [-0.3, -0.25) is 14.6 Å². The Labute approximate surface area is 239 Å². The molecule has 4 rings (SSSR count). The molecule has 40 heavy (non-hydrogen) atoms. The first kappa shape index (κ1) is 31.2. The third-order valence-corrected chi connectivity index (χ3v) is 6.75. The Morgan fingerprint density at radius 1 is 0.825 bits per heavy atom. The molecular formula is C28H28Cl2F3N3O4. The molecule has 0 saturated carbocycles. The summed E-state index contributed by atoms with van der Waals surface area (Å²) >= 11 is 12.0. The lowest BCUT2D eigenvalue weighted by atomic mass is 10.1. The van der Waals surface area contributed by atoms with Crippen LogP contribution in [0, 0.1) is 0 Å². The highest BCUT2D eigenvalue weighted by Crippen LogP contribution is 2.23. The van der Waals surface area contributed by atoms with Crippen LogP contribution < -0.4 is 5.32 Å². The van der Waals surface area contributed by atoms with Crippen molar-refractivity contribution < 1.29 is 33.0 Å². The first-order valence-corrected chi connectivity index (χ1v) is 13.0. The van der Waals surface area contributed by atoms with E-state index in [9.17, 15) is 23.1 Å². The van der Waals surface area contributed by atoms with Crippen molar-refractivity contribution in [2.75, 3.05) is 31.5 Å². The summed E-state index contributed by atoms with van der Waals surface area (Å²) in [6.07, 6.45) is -3.99. The van der Waals surface area contributed by atoms with Crippen LogP contribution in [0.4, 0.5) is 18.9 Å². The van der Waals surface area contributed by atoms with Crippen LogP contribution in [-0.2, 0) is 17.9 Å². The molecule has 1 heterocycles. The summed E-state index contributed by atoms with van der Waals surface area (Å²) in [5.74, 6) is -2.66. The van der Waals surface area contributed by atoms with Crippen molar-refractivity contribution >= 4 is 40.8 Å². The number of benzene rings is 3. The predicted molar refractivity (Wildman–Crippen MR) is 148 cm³/mol. The second kappa shape index (κ2) is 14.4. The number of rotatable bonds is 6. The third kappa shape index (κ3) is 10.0. The number of carboxylic acids is 1. The number of amides is 1. The van der Waals surface area contributed by atoms with E-state index in [4.69, 9.17) is 33.1 Å². The number of anilines is 1. The van der Waals surface area contributed by atoms with E-state index in [1.807, 2.05) is 30.3 Å². The quantitative estimate of drug-likeness (QED) is 0.309. The van der Waals surface area contributed by atoms with Crippen molar-refractivity contribution in [1.82, 2.24) is 9.80 Å². The smallest absolute Gasteiger partial charge is 0.490 e. The van der Waals surface area contributed by atoms with Crippen molar-refractivity contribution in [3.8, 4) is 5.75 Å². The summed E-state index contributed by atoms with van der Waals surface area (Å²) in [5, 5.41) is 20.6. The fourth-order valence-corrected chi connectivity index (χ4v) is 4.40. The molecule has 214 valence electrons. The van der Waals surface area contributed by atoms with Crippen LogP contribution in [0.25, 0.3) is 0 Å². The lowest BCUT2D eigenvalue weighted by Crippen LogP contribution is -2.30. The first-order chi connectivity index (χ1) is 18.9. The van der Waals surface area contributed by atoms with E-state index in [1.54, 1.807) is 24.3 Å². The van der Waals surface area contributed by atoms with E-state index in [1.165, 1.54) is 0 Å². The highest BCUT2D eigenvalue weighted by molar-refractivity contribution is 6.42. The van der Waals surface area contributed by atoms with Crippen LogP contribution in [0.5, 0.6) is 5.75 Å². The number of nitrogens with one attached hydrogen (secondary N) is 1. The Balaban J connectivity index is 0.000000559. The summed E-state index contributed by atoms with van der Waals surface area (Å²) in [4.78, 5) is 26.4. The molecule has 1 fully saturated rings. The van der Waals surface area contributed by atoms with Gasteiger partial charge in [0.2, 0.25) is 0 Å². The maximum atomic E-state index is 12.6. The molecule has 1 saturated heterocycles. The summed E-state index contributed by atoms with van der Waals surface area (Å²) in [6.45, 7) is 5.68. The minimum atomic E-state index is -5.08. The number of carbonyl (C=O) groups is 2. The van der Waals surface area contributed by atoms with Gasteiger partial charge >= 0.3 is 12.1 Å². The van der Waals surface area contributed by atoms with Gasteiger partial charge in [0.25, 0.3) is 5.91 Å². The van der Waals surface area contributed by atoms with E-state index < -0.39 is 12.1 Å². The van der Waals surface area contributed by atoms with E-state index in [0.29, 0.717) is 21.4 Å². The summed E-state index contributed by atoms with van der Waals surface area (Å²) in [5.41, 5.74) is 3.51. The SMILES string of the molecule is O=C(Nc1cccc(CN2CCCN(Cc3cccc(O)c3)CC2)c1)c1ccc(Cl)c(Cl)c1.O=C(O)C(F)(F)F. The Morgan fingerprint density at radius 3 is 1.95 bits per heavy atom. The average Bonchev–Trinajstić information content (AvgIpc) is 3.10. The van der Waals surface area contributed by atoms with Crippen molar-refractivity contribution in [1.29, 1.82) is 0 Å².